The van der Waals surface area contributed by atoms with Gasteiger partial charge in [0.25, 0.3) is 0 Å². The molecule has 1 saturated heterocycles. The topological polar surface area (TPSA) is 71.3 Å². The summed E-state index contributed by atoms with van der Waals surface area (Å²) in [7, 11) is -1.35. The summed E-state index contributed by atoms with van der Waals surface area (Å²) in [5.74, 6) is 1.92. The molecule has 3 aromatic rings. The van der Waals surface area contributed by atoms with Crippen LogP contribution in [0.25, 0.3) is 11.4 Å². The molecule has 1 fully saturated rings. The average Bonchev–Trinajstić information content (AvgIpc) is 3.27. The van der Waals surface area contributed by atoms with E-state index < -0.39 is 10.0 Å². The first-order valence-corrected chi connectivity index (χ1v) is 14.2. The van der Waals surface area contributed by atoms with Gasteiger partial charge in [-0.2, -0.15) is 4.31 Å². The van der Waals surface area contributed by atoms with Crippen molar-refractivity contribution in [3.8, 4) is 11.4 Å². The van der Waals surface area contributed by atoms with Gasteiger partial charge < -0.3 is 4.57 Å². The van der Waals surface area contributed by atoms with Gasteiger partial charge in [-0.05, 0) is 61.9 Å². The standard InChI is InChI=1S/C27H35N5O2S/c1-30-26(28-29-27(30)23-10-4-2-5-11-23)12-6-9-16-31-19-15-22-13-14-25(20-24(22)21-31)35(33,34)32-17-7-3-8-18-32/h2,4-5,10-11,13-14,20H,3,6-9,12,15-19,21H2,1H3. The van der Waals surface area contributed by atoms with Crippen LogP contribution >= 0.6 is 0 Å². The number of aromatic nitrogens is 3. The first kappa shape index (κ1) is 24.2. The van der Waals surface area contributed by atoms with Crippen LogP contribution in [-0.4, -0.2) is 58.6 Å². The third-order valence-electron chi connectivity index (χ3n) is 7.34. The largest absolute Gasteiger partial charge is 0.314 e. The summed E-state index contributed by atoms with van der Waals surface area (Å²) < 4.78 is 30.0. The van der Waals surface area contributed by atoms with E-state index >= 15 is 0 Å². The maximum absolute atomic E-state index is 13.1. The van der Waals surface area contributed by atoms with Gasteiger partial charge in [0, 0.05) is 45.2 Å². The fraction of sp³-hybridized carbons (Fsp3) is 0.481. The first-order chi connectivity index (χ1) is 17.0. The minimum atomic E-state index is -3.39. The number of nitrogens with zero attached hydrogens (tertiary/aromatic N) is 5. The highest BCUT2D eigenvalue weighted by Crippen LogP contribution is 2.26. The molecule has 0 radical (unpaired) electrons. The van der Waals surface area contributed by atoms with Crippen molar-refractivity contribution in [2.24, 2.45) is 7.05 Å². The van der Waals surface area contributed by atoms with Gasteiger partial charge in [0.2, 0.25) is 10.0 Å². The van der Waals surface area contributed by atoms with E-state index in [9.17, 15) is 8.42 Å². The third kappa shape index (κ3) is 5.34. The Hall–Kier alpha value is -2.55. The van der Waals surface area contributed by atoms with Crippen LogP contribution in [0, 0.1) is 0 Å². The average molecular weight is 494 g/mol. The summed E-state index contributed by atoms with van der Waals surface area (Å²) in [4.78, 5) is 2.91. The molecule has 0 saturated carbocycles. The molecule has 7 nitrogen and oxygen atoms in total. The highest BCUT2D eigenvalue weighted by Gasteiger charge is 2.27. The third-order valence-corrected chi connectivity index (χ3v) is 9.24. The highest BCUT2D eigenvalue weighted by molar-refractivity contribution is 7.89. The quantitative estimate of drug-likeness (QED) is 0.443. The number of fused-ring (bicyclic) bond motifs is 1. The number of piperidine rings is 1. The van der Waals surface area contributed by atoms with Crippen LogP contribution in [0.2, 0.25) is 0 Å². The van der Waals surface area contributed by atoms with Crippen LogP contribution in [0.5, 0.6) is 0 Å². The Morgan fingerprint density at radius 2 is 1.69 bits per heavy atom. The molecule has 186 valence electrons. The van der Waals surface area contributed by atoms with Crippen molar-refractivity contribution in [2.75, 3.05) is 26.2 Å². The van der Waals surface area contributed by atoms with Gasteiger partial charge in [-0.25, -0.2) is 8.42 Å². The predicted octanol–water partition coefficient (Wildman–Crippen LogP) is 4.04. The minimum absolute atomic E-state index is 0.455. The van der Waals surface area contributed by atoms with E-state index in [4.69, 9.17) is 0 Å². The highest BCUT2D eigenvalue weighted by atomic mass is 32.2. The summed E-state index contributed by atoms with van der Waals surface area (Å²) in [6, 6.07) is 15.9. The van der Waals surface area contributed by atoms with Gasteiger partial charge in [0.05, 0.1) is 4.90 Å². The Kier molecular flexibility index (Phi) is 7.32. The van der Waals surface area contributed by atoms with Crippen LogP contribution in [0.15, 0.2) is 53.4 Å². The number of benzene rings is 2. The molecule has 1 aromatic heterocycles. The van der Waals surface area contributed by atoms with Gasteiger partial charge in [0.1, 0.15) is 5.82 Å². The second kappa shape index (κ2) is 10.6. The zero-order chi connectivity index (χ0) is 24.3. The lowest BCUT2D eigenvalue weighted by molar-refractivity contribution is 0.248. The second-order valence-electron chi connectivity index (χ2n) is 9.74. The van der Waals surface area contributed by atoms with Crippen LogP contribution in [0.3, 0.4) is 0 Å². The lowest BCUT2D eigenvalue weighted by Gasteiger charge is -2.30. The van der Waals surface area contributed by atoms with Crippen LogP contribution < -0.4 is 0 Å². The van der Waals surface area contributed by atoms with Crippen molar-refractivity contribution in [3.05, 3.63) is 65.5 Å². The Morgan fingerprint density at radius 1 is 0.886 bits per heavy atom. The van der Waals surface area contributed by atoms with Gasteiger partial charge in [-0.3, -0.25) is 4.90 Å². The molecule has 2 aliphatic heterocycles. The molecule has 8 heteroatoms. The summed E-state index contributed by atoms with van der Waals surface area (Å²) in [6.07, 6.45) is 7.04. The van der Waals surface area contributed by atoms with E-state index in [1.807, 2.05) is 43.4 Å². The Balaban J connectivity index is 1.16. The van der Waals surface area contributed by atoms with Gasteiger partial charge in [-0.1, -0.05) is 42.8 Å². The number of sulfonamides is 1. The fourth-order valence-corrected chi connectivity index (χ4v) is 6.80. The van der Waals surface area contributed by atoms with Crippen molar-refractivity contribution in [2.45, 2.75) is 56.4 Å². The van der Waals surface area contributed by atoms with Crippen molar-refractivity contribution >= 4 is 10.0 Å². The summed E-state index contributed by atoms with van der Waals surface area (Å²) >= 11 is 0. The normalized spacial score (nSPS) is 17.4. The summed E-state index contributed by atoms with van der Waals surface area (Å²) in [5, 5.41) is 8.81. The van der Waals surface area contributed by atoms with E-state index in [1.165, 1.54) is 5.56 Å². The van der Waals surface area contributed by atoms with E-state index in [-0.39, 0.29) is 0 Å². The molecule has 0 aliphatic carbocycles. The SMILES string of the molecule is Cn1c(CCCCN2CCc3ccc(S(=O)(=O)N4CCCCC4)cc3C2)nnc1-c1ccccc1. The van der Waals surface area contributed by atoms with E-state index in [1.54, 1.807) is 4.31 Å². The van der Waals surface area contributed by atoms with Crippen molar-refractivity contribution < 1.29 is 8.42 Å². The fourth-order valence-electron chi connectivity index (χ4n) is 5.23. The molecule has 0 N–H and O–H groups in total. The number of rotatable bonds is 8. The molecular formula is C27H35N5O2S. The van der Waals surface area contributed by atoms with Gasteiger partial charge in [-0.15, -0.1) is 10.2 Å². The Bertz CT molecular complexity index is 1250. The van der Waals surface area contributed by atoms with E-state index in [0.29, 0.717) is 18.0 Å². The molecule has 3 heterocycles. The molecule has 2 aliphatic rings. The van der Waals surface area contributed by atoms with E-state index in [0.717, 1.165) is 87.4 Å². The smallest absolute Gasteiger partial charge is 0.243 e. The van der Waals surface area contributed by atoms with Crippen molar-refractivity contribution in [1.82, 2.24) is 24.0 Å². The van der Waals surface area contributed by atoms with Crippen LogP contribution in [0.1, 0.15) is 49.1 Å². The van der Waals surface area contributed by atoms with E-state index in [2.05, 4.69) is 31.8 Å². The predicted molar refractivity (Wildman–Crippen MR) is 137 cm³/mol. The van der Waals surface area contributed by atoms with Crippen LogP contribution in [0.4, 0.5) is 0 Å². The molecule has 0 spiro atoms. The molecule has 0 atom stereocenters. The lowest BCUT2D eigenvalue weighted by atomic mass is 9.99. The van der Waals surface area contributed by atoms with Crippen LogP contribution in [-0.2, 0) is 36.5 Å². The maximum Gasteiger partial charge on any atom is 0.243 e. The number of unbranched alkanes of at least 4 members (excludes halogenated alkanes) is 1. The molecule has 35 heavy (non-hydrogen) atoms. The Labute approximate surface area is 208 Å². The zero-order valence-corrected chi connectivity index (χ0v) is 21.4. The molecule has 0 unspecified atom stereocenters. The lowest BCUT2D eigenvalue weighted by Crippen LogP contribution is -2.36. The first-order valence-electron chi connectivity index (χ1n) is 12.8. The monoisotopic (exact) mass is 493 g/mol. The summed E-state index contributed by atoms with van der Waals surface area (Å²) in [5.41, 5.74) is 3.53. The Morgan fingerprint density at radius 3 is 2.49 bits per heavy atom. The number of hydrogen-bond acceptors (Lipinski definition) is 5. The van der Waals surface area contributed by atoms with Crippen molar-refractivity contribution in [3.63, 3.8) is 0 Å². The molecule has 0 amide bonds. The van der Waals surface area contributed by atoms with Gasteiger partial charge in [0.15, 0.2) is 5.82 Å². The summed E-state index contributed by atoms with van der Waals surface area (Å²) in [6.45, 7) is 4.13. The molecular weight excluding hydrogens is 458 g/mol. The maximum atomic E-state index is 13.1. The second-order valence-corrected chi connectivity index (χ2v) is 11.7. The molecule has 5 rings (SSSR count). The number of aryl methyl sites for hydroxylation is 1. The number of hydrogen-bond donors (Lipinski definition) is 0. The zero-order valence-electron chi connectivity index (χ0n) is 20.6. The molecule has 2 aromatic carbocycles. The van der Waals surface area contributed by atoms with Crippen molar-refractivity contribution in [1.29, 1.82) is 0 Å². The minimum Gasteiger partial charge on any atom is -0.314 e. The van der Waals surface area contributed by atoms with Gasteiger partial charge >= 0.3 is 0 Å². The molecule has 0 bridgehead atoms.